The minimum Gasteiger partial charge on any atom is -0.482 e. The summed E-state index contributed by atoms with van der Waals surface area (Å²) in [6, 6.07) is 12.7. The maximum Gasteiger partial charge on any atom is 0.308 e. The van der Waals surface area contributed by atoms with E-state index in [2.05, 4.69) is 20.3 Å². The lowest BCUT2D eigenvalue weighted by molar-refractivity contribution is -0.145. The van der Waals surface area contributed by atoms with Gasteiger partial charge in [-0.1, -0.05) is 12.1 Å². The average molecular weight is 438 g/mol. The molecule has 10 nitrogen and oxygen atoms in total. The molecule has 1 aliphatic heterocycles. The summed E-state index contributed by atoms with van der Waals surface area (Å²) in [5, 5.41) is 2.88. The third kappa shape index (κ3) is 5.06. The number of nitrogens with zero attached hydrogens (tertiary/aromatic N) is 4. The van der Waals surface area contributed by atoms with E-state index in [1.807, 2.05) is 0 Å². The Balaban J connectivity index is 1.33. The highest BCUT2D eigenvalue weighted by Crippen LogP contribution is 2.31. The quantitative estimate of drug-likeness (QED) is 0.533. The van der Waals surface area contributed by atoms with E-state index in [1.54, 1.807) is 24.3 Å². The number of para-hydroxylation sites is 2. The van der Waals surface area contributed by atoms with Crippen molar-refractivity contribution in [2.24, 2.45) is 0 Å². The van der Waals surface area contributed by atoms with Crippen LogP contribution in [0.3, 0.4) is 0 Å². The summed E-state index contributed by atoms with van der Waals surface area (Å²) in [6.07, 6.45) is -0.0265. The Labute approximate surface area is 182 Å². The zero-order chi connectivity index (χ0) is 22.5. The van der Waals surface area contributed by atoms with Crippen molar-refractivity contribution >= 4 is 35.1 Å². The first kappa shape index (κ1) is 21.0. The number of hydrogen-bond acceptors (Lipinski definition) is 9. The van der Waals surface area contributed by atoms with Gasteiger partial charge >= 0.3 is 5.97 Å². The second-order valence-corrected chi connectivity index (χ2v) is 6.78. The van der Waals surface area contributed by atoms with Crippen LogP contribution < -0.4 is 20.7 Å². The number of halogens is 1. The predicted molar refractivity (Wildman–Crippen MR) is 113 cm³/mol. The van der Waals surface area contributed by atoms with Crippen LogP contribution in [0.15, 0.2) is 48.5 Å². The molecule has 0 aliphatic carbocycles. The monoisotopic (exact) mass is 438 g/mol. The zero-order valence-electron chi connectivity index (χ0n) is 16.8. The molecule has 1 amide bonds. The number of ether oxygens (including phenoxy) is 2. The fraction of sp³-hybridized carbons (Fsp3) is 0.190. The van der Waals surface area contributed by atoms with Crippen molar-refractivity contribution in [1.82, 2.24) is 15.0 Å². The van der Waals surface area contributed by atoms with E-state index in [9.17, 15) is 14.0 Å². The highest BCUT2D eigenvalue weighted by Gasteiger charge is 2.25. The number of nitrogens with one attached hydrogen (secondary N) is 1. The molecule has 32 heavy (non-hydrogen) atoms. The number of aromatic nitrogens is 3. The molecule has 3 aromatic rings. The molecule has 0 radical (unpaired) electrons. The predicted octanol–water partition coefficient (Wildman–Crippen LogP) is 2.20. The van der Waals surface area contributed by atoms with Crippen molar-refractivity contribution < 1.29 is 23.5 Å². The maximum atomic E-state index is 13.0. The molecule has 164 valence electrons. The molecule has 1 aromatic heterocycles. The average Bonchev–Trinajstić information content (AvgIpc) is 2.78. The highest BCUT2D eigenvalue weighted by atomic mass is 19.1. The fourth-order valence-corrected chi connectivity index (χ4v) is 3.04. The van der Waals surface area contributed by atoms with Gasteiger partial charge in [-0.05, 0) is 36.4 Å². The van der Waals surface area contributed by atoms with Crippen LogP contribution >= 0.6 is 0 Å². The van der Waals surface area contributed by atoms with Gasteiger partial charge in [-0.3, -0.25) is 9.59 Å². The van der Waals surface area contributed by atoms with Gasteiger partial charge in [-0.2, -0.15) is 15.0 Å². The van der Waals surface area contributed by atoms with Crippen LogP contribution in [0, 0.1) is 5.82 Å². The Morgan fingerprint density at radius 3 is 2.75 bits per heavy atom. The molecular formula is C21H19FN6O4. The van der Waals surface area contributed by atoms with Crippen LogP contribution in [-0.4, -0.2) is 40.0 Å². The lowest BCUT2D eigenvalue weighted by Gasteiger charge is -2.28. The van der Waals surface area contributed by atoms with E-state index >= 15 is 0 Å². The number of carbonyl (C=O) groups is 2. The number of hydrogen-bond donors (Lipinski definition) is 2. The van der Waals surface area contributed by atoms with Gasteiger partial charge in [0, 0.05) is 12.2 Å². The van der Waals surface area contributed by atoms with E-state index in [4.69, 9.17) is 15.2 Å². The number of fused-ring (bicyclic) bond motifs is 1. The van der Waals surface area contributed by atoms with E-state index in [0.717, 1.165) is 0 Å². The Hall–Kier alpha value is -4.28. The van der Waals surface area contributed by atoms with E-state index < -0.39 is 5.97 Å². The van der Waals surface area contributed by atoms with Gasteiger partial charge in [0.1, 0.15) is 11.6 Å². The standard InChI is InChI=1S/C21H19FN6O4/c22-13-5-7-14(8-6-13)24-21-26-17(25-20(23)27-21)11-32-19(30)9-10-28-15-3-1-2-4-16(15)31-12-18(28)29/h1-8H,9-12H2,(H3,23,24,25,26,27). The summed E-state index contributed by atoms with van der Waals surface area (Å²) in [7, 11) is 0. The third-order valence-corrected chi connectivity index (χ3v) is 4.51. The molecule has 0 unspecified atom stereocenters. The number of nitrogens with two attached hydrogens (primary N) is 1. The number of carbonyl (C=O) groups excluding carboxylic acids is 2. The smallest absolute Gasteiger partial charge is 0.308 e. The Bertz CT molecular complexity index is 1140. The molecule has 1 aliphatic rings. The van der Waals surface area contributed by atoms with Gasteiger partial charge in [0.25, 0.3) is 5.91 Å². The summed E-state index contributed by atoms with van der Waals surface area (Å²) < 4.78 is 23.6. The fourth-order valence-electron chi connectivity index (χ4n) is 3.04. The molecule has 11 heteroatoms. The molecule has 4 rings (SSSR count). The first-order valence-corrected chi connectivity index (χ1v) is 9.69. The second kappa shape index (κ2) is 9.25. The minimum atomic E-state index is -0.534. The van der Waals surface area contributed by atoms with Gasteiger partial charge < -0.3 is 25.4 Å². The van der Waals surface area contributed by atoms with Gasteiger partial charge in [-0.15, -0.1) is 0 Å². The summed E-state index contributed by atoms with van der Waals surface area (Å²) in [4.78, 5) is 38.0. The van der Waals surface area contributed by atoms with Crippen molar-refractivity contribution in [3.05, 3.63) is 60.2 Å². The van der Waals surface area contributed by atoms with E-state index in [1.165, 1.54) is 29.2 Å². The lowest BCUT2D eigenvalue weighted by atomic mass is 10.2. The molecule has 3 N–H and O–H groups in total. The Morgan fingerprint density at radius 1 is 1.16 bits per heavy atom. The minimum absolute atomic E-state index is 0.0265. The summed E-state index contributed by atoms with van der Waals surface area (Å²) in [5.74, 6) is -0.352. The number of benzene rings is 2. The van der Waals surface area contributed by atoms with Crippen LogP contribution in [0.1, 0.15) is 12.2 Å². The molecule has 0 fully saturated rings. The summed E-state index contributed by atoms with van der Waals surface area (Å²) in [5.41, 5.74) is 6.86. The first-order chi connectivity index (χ1) is 15.5. The molecular weight excluding hydrogens is 419 g/mol. The van der Waals surface area contributed by atoms with Crippen molar-refractivity contribution in [2.45, 2.75) is 13.0 Å². The van der Waals surface area contributed by atoms with Crippen LogP contribution in [0.4, 0.5) is 27.7 Å². The molecule has 0 atom stereocenters. The number of nitrogen functional groups attached to an aromatic ring is 1. The first-order valence-electron chi connectivity index (χ1n) is 9.69. The van der Waals surface area contributed by atoms with Crippen LogP contribution in [0.2, 0.25) is 0 Å². The SMILES string of the molecule is Nc1nc(COC(=O)CCN2C(=O)COc3ccccc32)nc(Nc2ccc(F)cc2)n1. The highest BCUT2D eigenvalue weighted by molar-refractivity contribution is 5.98. The van der Waals surface area contributed by atoms with Gasteiger partial charge in [0.2, 0.25) is 11.9 Å². The lowest BCUT2D eigenvalue weighted by Crippen LogP contribution is -2.40. The number of anilines is 4. The number of rotatable bonds is 7. The van der Waals surface area contributed by atoms with Crippen LogP contribution in [0.25, 0.3) is 0 Å². The second-order valence-electron chi connectivity index (χ2n) is 6.78. The van der Waals surface area contributed by atoms with Gasteiger partial charge in [0.15, 0.2) is 19.0 Å². The summed E-state index contributed by atoms with van der Waals surface area (Å²) in [6.45, 7) is -0.161. The normalized spacial score (nSPS) is 12.7. The molecule has 0 bridgehead atoms. The number of esters is 1. The third-order valence-electron chi connectivity index (χ3n) is 4.51. The van der Waals surface area contributed by atoms with Crippen LogP contribution in [-0.2, 0) is 20.9 Å². The maximum absolute atomic E-state index is 13.0. The summed E-state index contributed by atoms with van der Waals surface area (Å²) >= 11 is 0. The van der Waals surface area contributed by atoms with Crippen molar-refractivity contribution in [2.75, 3.05) is 29.1 Å². The van der Waals surface area contributed by atoms with Crippen molar-refractivity contribution in [3.8, 4) is 5.75 Å². The van der Waals surface area contributed by atoms with E-state index in [0.29, 0.717) is 17.1 Å². The Morgan fingerprint density at radius 2 is 1.94 bits per heavy atom. The molecule has 2 heterocycles. The molecule has 0 saturated carbocycles. The van der Waals surface area contributed by atoms with E-state index in [-0.39, 0.29) is 55.6 Å². The molecule has 0 saturated heterocycles. The largest absolute Gasteiger partial charge is 0.482 e. The molecule has 2 aromatic carbocycles. The zero-order valence-corrected chi connectivity index (χ0v) is 16.8. The van der Waals surface area contributed by atoms with Gasteiger partial charge in [0.05, 0.1) is 12.1 Å². The van der Waals surface area contributed by atoms with Crippen molar-refractivity contribution in [1.29, 1.82) is 0 Å². The Kier molecular flexibility index (Phi) is 6.06. The topological polar surface area (TPSA) is 133 Å². The number of amides is 1. The van der Waals surface area contributed by atoms with Crippen LogP contribution in [0.5, 0.6) is 5.75 Å². The van der Waals surface area contributed by atoms with Gasteiger partial charge in [-0.25, -0.2) is 4.39 Å². The van der Waals surface area contributed by atoms with Crippen molar-refractivity contribution in [3.63, 3.8) is 0 Å². The molecule has 0 spiro atoms.